The van der Waals surface area contributed by atoms with Crippen molar-refractivity contribution in [3.63, 3.8) is 0 Å². The number of fused-ring (bicyclic) bond motifs is 1. The lowest BCUT2D eigenvalue weighted by molar-refractivity contribution is -0.114. The summed E-state index contributed by atoms with van der Waals surface area (Å²) in [5.41, 5.74) is 1.97. The molecule has 4 aromatic rings. The summed E-state index contributed by atoms with van der Waals surface area (Å²) in [7, 11) is -2.24. The van der Waals surface area contributed by atoms with Gasteiger partial charge in [-0.2, -0.15) is 10.2 Å². The number of hydrogen-bond acceptors (Lipinski definition) is 12. The zero-order valence-corrected chi connectivity index (χ0v) is 23.7. The van der Waals surface area contributed by atoms with Crippen molar-refractivity contribution >= 4 is 33.1 Å². The summed E-state index contributed by atoms with van der Waals surface area (Å²) in [6.07, 6.45) is 5.50. The molecule has 4 aromatic heterocycles. The van der Waals surface area contributed by atoms with E-state index < -0.39 is 15.4 Å². The van der Waals surface area contributed by atoms with Crippen LogP contribution < -0.4 is 24.8 Å². The first kappa shape index (κ1) is 27.7. The fourth-order valence-electron chi connectivity index (χ4n) is 4.08. The third-order valence-corrected chi connectivity index (χ3v) is 6.89. The summed E-state index contributed by atoms with van der Waals surface area (Å²) >= 11 is 0. The van der Waals surface area contributed by atoms with Crippen LogP contribution in [-0.2, 0) is 14.6 Å². The Kier molecular flexibility index (Phi) is 7.17. The Bertz CT molecular complexity index is 1760. The van der Waals surface area contributed by atoms with Gasteiger partial charge in [-0.3, -0.25) is 4.79 Å². The van der Waals surface area contributed by atoms with Crippen LogP contribution >= 0.6 is 0 Å². The van der Waals surface area contributed by atoms with Crippen molar-refractivity contribution in [1.82, 2.24) is 25.1 Å². The summed E-state index contributed by atoms with van der Waals surface area (Å²) in [6.45, 7) is 5.52. The topological polar surface area (TPSA) is 167 Å². The molecule has 5 rings (SSSR count). The van der Waals surface area contributed by atoms with Crippen molar-refractivity contribution in [2.24, 2.45) is 0 Å². The molecule has 13 nitrogen and oxygen atoms in total. The van der Waals surface area contributed by atoms with Gasteiger partial charge in [0.05, 0.1) is 30.9 Å². The molecule has 0 saturated heterocycles. The van der Waals surface area contributed by atoms with Gasteiger partial charge in [0.1, 0.15) is 29.6 Å². The number of carbonyl (C=O) groups excluding carboxylic acids is 1. The molecule has 0 unspecified atom stereocenters. The van der Waals surface area contributed by atoms with Crippen molar-refractivity contribution in [3.05, 3.63) is 48.9 Å². The van der Waals surface area contributed by atoms with Gasteiger partial charge in [-0.25, -0.2) is 23.4 Å². The minimum absolute atomic E-state index is 0.172. The number of pyridine rings is 3. The predicted octanol–water partition coefficient (Wildman–Crippen LogP) is 3.66. The van der Waals surface area contributed by atoms with E-state index in [0.717, 1.165) is 6.26 Å². The summed E-state index contributed by atoms with van der Waals surface area (Å²) in [5.74, 6) is 1.39. The van der Waals surface area contributed by atoms with E-state index in [-0.39, 0.29) is 22.6 Å². The number of nitrogens with zero attached hydrogens (tertiary/aromatic N) is 5. The summed E-state index contributed by atoms with van der Waals surface area (Å²) < 4.78 is 42.4. The highest BCUT2D eigenvalue weighted by atomic mass is 32.2. The molecule has 0 atom stereocenters. The second kappa shape index (κ2) is 10.6. The standard InChI is InChI=1S/C27H27N7O6S/c1-15(35)31-23-10-20(18(11-28-23)19-6-7-21-26(33-19)39-14-27(2,3)40-21)32-24-8-16(9-25(34-24)41(5,36)37)17-12-29-30-13-22(17)38-4/h6-13H,14H2,1-5H3,(H2,28,31,32,34,35). The maximum atomic E-state index is 12.6. The third-order valence-electron chi connectivity index (χ3n) is 5.92. The number of ether oxygens (including phenoxy) is 3. The van der Waals surface area contributed by atoms with E-state index in [0.29, 0.717) is 52.1 Å². The molecule has 0 bridgehead atoms. The van der Waals surface area contributed by atoms with E-state index in [2.05, 4.69) is 35.8 Å². The highest BCUT2D eigenvalue weighted by Crippen LogP contribution is 2.38. The minimum Gasteiger partial charge on any atom is -0.494 e. The van der Waals surface area contributed by atoms with Gasteiger partial charge in [-0.15, -0.1) is 0 Å². The van der Waals surface area contributed by atoms with E-state index in [1.165, 1.54) is 38.7 Å². The van der Waals surface area contributed by atoms with Gasteiger partial charge < -0.3 is 24.8 Å². The molecule has 0 spiro atoms. The Morgan fingerprint density at radius 1 is 1.02 bits per heavy atom. The number of hydrogen-bond donors (Lipinski definition) is 2. The number of nitrogens with one attached hydrogen (secondary N) is 2. The van der Waals surface area contributed by atoms with E-state index >= 15 is 0 Å². The Morgan fingerprint density at radius 2 is 1.80 bits per heavy atom. The fourth-order valence-corrected chi connectivity index (χ4v) is 4.69. The Morgan fingerprint density at radius 3 is 2.54 bits per heavy atom. The second-order valence-electron chi connectivity index (χ2n) is 9.89. The van der Waals surface area contributed by atoms with Crippen LogP contribution in [0.4, 0.5) is 17.3 Å². The minimum atomic E-state index is -3.71. The first-order valence-corrected chi connectivity index (χ1v) is 14.3. The quantitative estimate of drug-likeness (QED) is 0.328. The number of carbonyl (C=O) groups is 1. The molecule has 2 N–H and O–H groups in total. The lowest BCUT2D eigenvalue weighted by Gasteiger charge is -2.31. The SMILES string of the molecule is COc1cnncc1-c1cc(Nc2cc(NC(C)=O)ncc2-c2ccc3c(n2)OCC(C)(C)O3)nc(S(C)(=O)=O)c1. The van der Waals surface area contributed by atoms with E-state index in [9.17, 15) is 13.2 Å². The zero-order chi connectivity index (χ0) is 29.4. The Hall–Kier alpha value is -4.85. The predicted molar refractivity (Wildman–Crippen MR) is 150 cm³/mol. The van der Waals surface area contributed by atoms with Crippen LogP contribution in [0.1, 0.15) is 20.8 Å². The molecule has 0 saturated carbocycles. The monoisotopic (exact) mass is 577 g/mol. The molecule has 0 radical (unpaired) electrons. The molecular weight excluding hydrogens is 550 g/mol. The van der Waals surface area contributed by atoms with Crippen LogP contribution in [0.25, 0.3) is 22.4 Å². The van der Waals surface area contributed by atoms with Crippen LogP contribution in [0.2, 0.25) is 0 Å². The lowest BCUT2D eigenvalue weighted by atomic mass is 10.1. The molecule has 0 fully saturated rings. The molecular formula is C27H27N7O6S. The second-order valence-corrected chi connectivity index (χ2v) is 11.9. The summed E-state index contributed by atoms with van der Waals surface area (Å²) in [5, 5.41) is 13.4. The summed E-state index contributed by atoms with van der Waals surface area (Å²) in [6, 6.07) is 8.19. The van der Waals surface area contributed by atoms with Gasteiger partial charge in [0.15, 0.2) is 20.6 Å². The molecule has 1 aliphatic rings. The highest BCUT2D eigenvalue weighted by molar-refractivity contribution is 7.90. The van der Waals surface area contributed by atoms with Crippen molar-refractivity contribution < 1.29 is 27.4 Å². The first-order valence-electron chi connectivity index (χ1n) is 12.4. The summed E-state index contributed by atoms with van der Waals surface area (Å²) in [4.78, 5) is 25.1. The largest absolute Gasteiger partial charge is 0.494 e. The highest BCUT2D eigenvalue weighted by Gasteiger charge is 2.29. The van der Waals surface area contributed by atoms with Gasteiger partial charge in [0.2, 0.25) is 5.91 Å². The maximum absolute atomic E-state index is 12.6. The van der Waals surface area contributed by atoms with Crippen molar-refractivity contribution in [1.29, 1.82) is 0 Å². The number of anilines is 3. The molecule has 1 amide bonds. The van der Waals surface area contributed by atoms with Gasteiger partial charge in [-0.1, -0.05) is 0 Å². The molecule has 212 valence electrons. The molecule has 0 aliphatic carbocycles. The van der Waals surface area contributed by atoms with E-state index in [4.69, 9.17) is 14.2 Å². The van der Waals surface area contributed by atoms with Crippen LogP contribution in [0, 0.1) is 0 Å². The van der Waals surface area contributed by atoms with Gasteiger partial charge in [0.25, 0.3) is 5.88 Å². The normalized spacial score (nSPS) is 13.8. The third kappa shape index (κ3) is 6.17. The number of amides is 1. The van der Waals surface area contributed by atoms with E-state index in [1.54, 1.807) is 24.3 Å². The number of aromatic nitrogens is 5. The maximum Gasteiger partial charge on any atom is 0.257 e. The van der Waals surface area contributed by atoms with Crippen LogP contribution in [0.5, 0.6) is 17.4 Å². The Balaban J connectivity index is 1.62. The smallest absolute Gasteiger partial charge is 0.257 e. The zero-order valence-electron chi connectivity index (χ0n) is 22.9. The van der Waals surface area contributed by atoms with Crippen molar-refractivity contribution in [3.8, 4) is 39.8 Å². The van der Waals surface area contributed by atoms with Gasteiger partial charge in [0, 0.05) is 36.6 Å². The van der Waals surface area contributed by atoms with Crippen LogP contribution in [0.3, 0.4) is 0 Å². The molecule has 1 aliphatic heterocycles. The molecule has 0 aromatic carbocycles. The van der Waals surface area contributed by atoms with Crippen LogP contribution in [-0.4, -0.2) is 65.0 Å². The van der Waals surface area contributed by atoms with E-state index in [1.807, 2.05) is 13.8 Å². The molecule has 41 heavy (non-hydrogen) atoms. The van der Waals surface area contributed by atoms with Gasteiger partial charge in [-0.05, 0) is 43.7 Å². The van der Waals surface area contributed by atoms with Crippen molar-refractivity contribution in [2.75, 3.05) is 30.6 Å². The first-order chi connectivity index (χ1) is 19.4. The fraction of sp³-hybridized carbons (Fsp3) is 0.259. The average Bonchev–Trinajstić information content (AvgIpc) is 2.91. The number of sulfone groups is 1. The average molecular weight is 578 g/mol. The lowest BCUT2D eigenvalue weighted by Crippen LogP contribution is -2.39. The molecule has 14 heteroatoms. The number of methoxy groups -OCH3 is 1. The Labute approximate surface area is 236 Å². The van der Waals surface area contributed by atoms with Crippen molar-refractivity contribution in [2.45, 2.75) is 31.4 Å². The van der Waals surface area contributed by atoms with Gasteiger partial charge >= 0.3 is 0 Å². The number of rotatable bonds is 7. The van der Waals surface area contributed by atoms with Crippen LogP contribution in [0.15, 0.2) is 53.9 Å². The molecule has 5 heterocycles.